The fraction of sp³-hybridized carbons (Fsp3) is 0.359. The van der Waals surface area contributed by atoms with Crippen LogP contribution in [0, 0.1) is 10.8 Å². The largest absolute Gasteiger partial charge is 0.298 e. The fourth-order valence-corrected chi connectivity index (χ4v) is 5.98. The van der Waals surface area contributed by atoms with Crippen molar-refractivity contribution in [3.8, 4) is 22.3 Å². The third kappa shape index (κ3) is 7.39. The van der Waals surface area contributed by atoms with Crippen molar-refractivity contribution in [1.29, 1.82) is 0 Å². The molecule has 0 aliphatic carbocycles. The molecule has 4 aromatic rings. The minimum atomic E-state index is -0.272. The quantitative estimate of drug-likeness (QED) is 0.158. The van der Waals surface area contributed by atoms with Crippen LogP contribution in [-0.2, 0) is 17.6 Å². The molecule has 4 aromatic carbocycles. The van der Waals surface area contributed by atoms with E-state index < -0.39 is 0 Å². The minimum absolute atomic E-state index is 0.272. The normalized spacial score (nSPS) is 14.3. The number of Topliss-reactive ketones (excluding diaryl/α,β-unsaturated/α-hetero) is 1. The van der Waals surface area contributed by atoms with Crippen LogP contribution in [-0.4, -0.2) is 5.78 Å². The Bertz CT molecular complexity index is 1220. The van der Waals surface area contributed by atoms with Gasteiger partial charge in [0.25, 0.3) is 0 Å². The summed E-state index contributed by atoms with van der Waals surface area (Å²) in [5.74, 6) is 0.462. The Hall–Kier alpha value is -3.45. The van der Waals surface area contributed by atoms with Crippen molar-refractivity contribution in [3.05, 3.63) is 120 Å². The van der Waals surface area contributed by atoms with Gasteiger partial charge in [-0.3, -0.25) is 4.79 Å². The maximum Gasteiger partial charge on any atom is 0.144 e. The van der Waals surface area contributed by atoms with Crippen LogP contribution in [0.5, 0.6) is 0 Å². The third-order valence-electron chi connectivity index (χ3n) is 9.17. The lowest BCUT2D eigenvalue weighted by molar-refractivity contribution is -0.139. The van der Waals surface area contributed by atoms with Crippen LogP contribution < -0.4 is 0 Å². The van der Waals surface area contributed by atoms with Gasteiger partial charge in [-0.25, -0.2) is 0 Å². The monoisotopic (exact) mass is 530 g/mol. The number of aryl methyl sites for hydroxylation is 2. The zero-order valence-corrected chi connectivity index (χ0v) is 25.0. The number of carbonyl (C=O) groups excluding carboxylic acids is 1. The van der Waals surface area contributed by atoms with Crippen molar-refractivity contribution >= 4 is 5.78 Å². The van der Waals surface area contributed by atoms with Gasteiger partial charge in [0, 0.05) is 10.8 Å². The van der Waals surface area contributed by atoms with Gasteiger partial charge in [0.15, 0.2) is 0 Å². The predicted molar refractivity (Wildman–Crippen MR) is 171 cm³/mol. The van der Waals surface area contributed by atoms with Crippen LogP contribution in [0.1, 0.15) is 77.3 Å². The second-order valence-corrected chi connectivity index (χ2v) is 12.0. The zero-order chi connectivity index (χ0) is 28.4. The lowest BCUT2D eigenvalue weighted by Crippen LogP contribution is -2.40. The van der Waals surface area contributed by atoms with Gasteiger partial charge >= 0.3 is 0 Å². The molecule has 0 bridgehead atoms. The molecule has 1 nitrogen and oxygen atoms in total. The highest BCUT2D eigenvalue weighted by Crippen LogP contribution is 2.41. The molecule has 1 heteroatoms. The van der Waals surface area contributed by atoms with Crippen molar-refractivity contribution in [2.75, 3.05) is 0 Å². The molecular weight excluding hydrogens is 484 g/mol. The molecule has 0 saturated carbocycles. The van der Waals surface area contributed by atoms with Crippen LogP contribution in [0.2, 0.25) is 0 Å². The first kappa shape index (κ1) is 29.5. The predicted octanol–water partition coefficient (Wildman–Crippen LogP) is 10.8. The summed E-state index contributed by atoms with van der Waals surface area (Å²) in [5, 5.41) is 0. The van der Waals surface area contributed by atoms with E-state index in [4.69, 9.17) is 0 Å². The lowest BCUT2D eigenvalue weighted by atomic mass is 9.65. The first-order valence-corrected chi connectivity index (χ1v) is 15.2. The summed E-state index contributed by atoms with van der Waals surface area (Å²) >= 11 is 0. The van der Waals surface area contributed by atoms with E-state index in [2.05, 4.69) is 137 Å². The molecule has 2 atom stereocenters. The average molecular weight is 531 g/mol. The number of hydrogen-bond donors (Lipinski definition) is 0. The molecule has 208 valence electrons. The molecule has 2 unspecified atom stereocenters. The number of hydrogen-bond acceptors (Lipinski definition) is 1. The van der Waals surface area contributed by atoms with E-state index in [0.29, 0.717) is 5.78 Å². The molecule has 0 aliphatic rings. The van der Waals surface area contributed by atoms with Crippen molar-refractivity contribution in [3.63, 3.8) is 0 Å². The summed E-state index contributed by atoms with van der Waals surface area (Å²) in [4.78, 5) is 14.0. The molecule has 0 radical (unpaired) electrons. The summed E-state index contributed by atoms with van der Waals surface area (Å²) in [7, 11) is 0. The number of benzene rings is 4. The summed E-state index contributed by atoms with van der Waals surface area (Å²) < 4.78 is 0. The van der Waals surface area contributed by atoms with Crippen molar-refractivity contribution < 1.29 is 4.79 Å². The Morgan fingerprint density at radius 3 is 1.15 bits per heavy atom. The Balaban J connectivity index is 1.30. The molecule has 0 aromatic heterocycles. The second-order valence-electron chi connectivity index (χ2n) is 12.0. The maximum absolute atomic E-state index is 14.0. The van der Waals surface area contributed by atoms with E-state index in [0.717, 1.165) is 51.4 Å². The van der Waals surface area contributed by atoms with Gasteiger partial charge < -0.3 is 0 Å². The van der Waals surface area contributed by atoms with Gasteiger partial charge in [0.05, 0.1) is 0 Å². The first-order valence-electron chi connectivity index (χ1n) is 15.2. The van der Waals surface area contributed by atoms with E-state index >= 15 is 0 Å². The molecule has 0 amide bonds. The molecule has 4 rings (SSSR count). The Labute approximate surface area is 242 Å². The number of ketones is 1. The summed E-state index contributed by atoms with van der Waals surface area (Å²) in [5.41, 5.74) is 7.16. The second kappa shape index (κ2) is 13.8. The van der Waals surface area contributed by atoms with E-state index in [1.165, 1.54) is 33.4 Å². The smallest absolute Gasteiger partial charge is 0.144 e. The van der Waals surface area contributed by atoms with E-state index in [1.54, 1.807) is 0 Å². The van der Waals surface area contributed by atoms with Crippen molar-refractivity contribution in [2.45, 2.75) is 79.1 Å². The topological polar surface area (TPSA) is 17.1 Å². The molecule has 0 fully saturated rings. The Morgan fingerprint density at radius 2 is 0.825 bits per heavy atom. The highest BCUT2D eigenvalue weighted by Gasteiger charge is 2.42. The van der Waals surface area contributed by atoms with Crippen LogP contribution in [0.3, 0.4) is 0 Å². The first-order chi connectivity index (χ1) is 19.4. The van der Waals surface area contributed by atoms with Gasteiger partial charge in [-0.05, 0) is 84.7 Å². The third-order valence-corrected chi connectivity index (χ3v) is 9.17. The van der Waals surface area contributed by atoms with E-state index in [9.17, 15) is 4.79 Å². The maximum atomic E-state index is 14.0. The minimum Gasteiger partial charge on any atom is -0.298 e. The SMILES string of the molecule is CCC(C)(CCCc1ccc(-c2ccccc2)cc1)C(=O)C(C)(CC)CCCc1ccc(-c2ccccc2)cc1. The van der Waals surface area contributed by atoms with E-state index in [1.807, 2.05) is 0 Å². The highest BCUT2D eigenvalue weighted by molar-refractivity contribution is 5.89. The average Bonchev–Trinajstić information content (AvgIpc) is 3.02. The Kier molecular flexibility index (Phi) is 10.2. The number of carbonyl (C=O) groups is 1. The molecule has 0 N–H and O–H groups in total. The molecular formula is C39H46O. The van der Waals surface area contributed by atoms with Gasteiger partial charge in [0.1, 0.15) is 5.78 Å². The van der Waals surface area contributed by atoms with Gasteiger partial charge in [-0.1, -0.05) is 137 Å². The van der Waals surface area contributed by atoms with Crippen molar-refractivity contribution in [2.24, 2.45) is 10.8 Å². The zero-order valence-electron chi connectivity index (χ0n) is 25.0. The molecule has 0 heterocycles. The highest BCUT2D eigenvalue weighted by atomic mass is 16.1. The fourth-order valence-electron chi connectivity index (χ4n) is 5.98. The van der Waals surface area contributed by atoms with Crippen molar-refractivity contribution in [1.82, 2.24) is 0 Å². The van der Waals surface area contributed by atoms with Crippen LogP contribution >= 0.6 is 0 Å². The van der Waals surface area contributed by atoms with Crippen LogP contribution in [0.15, 0.2) is 109 Å². The Morgan fingerprint density at radius 1 is 0.500 bits per heavy atom. The molecule has 40 heavy (non-hydrogen) atoms. The summed E-state index contributed by atoms with van der Waals surface area (Å²) in [6.07, 6.45) is 7.78. The molecule has 0 aliphatic heterocycles. The summed E-state index contributed by atoms with van der Waals surface area (Å²) in [6.45, 7) is 8.81. The van der Waals surface area contributed by atoms with E-state index in [-0.39, 0.29) is 10.8 Å². The van der Waals surface area contributed by atoms with Gasteiger partial charge in [-0.15, -0.1) is 0 Å². The van der Waals surface area contributed by atoms with Crippen LogP contribution in [0.4, 0.5) is 0 Å². The standard InChI is InChI=1S/C39H46O/c1-5-38(3,29-13-15-31-21-25-35(26-22-31)33-17-9-7-10-18-33)37(40)39(4,6-2)30-14-16-32-23-27-36(28-24-32)34-19-11-8-12-20-34/h7-12,17-28H,5-6,13-16,29-30H2,1-4H3. The molecule has 0 spiro atoms. The molecule has 0 saturated heterocycles. The summed E-state index contributed by atoms with van der Waals surface area (Å²) in [6, 6.07) is 38.9. The number of rotatable bonds is 14. The lowest BCUT2D eigenvalue weighted by Gasteiger charge is -2.37. The van der Waals surface area contributed by atoms with Crippen LogP contribution in [0.25, 0.3) is 22.3 Å². The van der Waals surface area contributed by atoms with Gasteiger partial charge in [-0.2, -0.15) is 0 Å². The van der Waals surface area contributed by atoms with Gasteiger partial charge in [0.2, 0.25) is 0 Å².